The van der Waals surface area contributed by atoms with Gasteiger partial charge in [0.2, 0.25) is 0 Å². The summed E-state index contributed by atoms with van der Waals surface area (Å²) in [4.78, 5) is 8.63. The first-order chi connectivity index (χ1) is 8.34. The number of fused-ring (bicyclic) bond motifs is 1. The van der Waals surface area contributed by atoms with Crippen molar-refractivity contribution >= 4 is 21.4 Å². The van der Waals surface area contributed by atoms with Gasteiger partial charge in [-0.2, -0.15) is 0 Å². The lowest BCUT2D eigenvalue weighted by Crippen LogP contribution is -1.96. The highest BCUT2D eigenvalue weighted by Crippen LogP contribution is 2.19. The fourth-order valence-corrected chi connectivity index (χ4v) is 2.36. The highest BCUT2D eigenvalue weighted by atomic mass is 79.9. The lowest BCUT2D eigenvalue weighted by atomic mass is 10.1. The van der Waals surface area contributed by atoms with E-state index in [4.69, 9.17) is 0 Å². The van der Waals surface area contributed by atoms with Crippen molar-refractivity contribution in [2.45, 2.75) is 6.42 Å². The molecule has 0 aliphatic carbocycles. The normalized spacial score (nSPS) is 10.9. The lowest BCUT2D eigenvalue weighted by Gasteiger charge is -2.00. The molecule has 0 unspecified atom stereocenters. The average molecular weight is 288 g/mol. The second-order valence-electron chi connectivity index (χ2n) is 3.81. The Hall–Kier alpha value is -1.68. The van der Waals surface area contributed by atoms with Gasteiger partial charge in [-0.1, -0.05) is 30.3 Å². The zero-order chi connectivity index (χ0) is 11.7. The third-order valence-electron chi connectivity index (χ3n) is 2.68. The standard InChI is InChI=1S/C13H10BrN3/c14-13-11-9-15-6-7-17(11)12(16-13)8-10-4-2-1-3-5-10/h1-7,9H,8H2. The van der Waals surface area contributed by atoms with E-state index in [0.717, 1.165) is 22.4 Å². The van der Waals surface area contributed by atoms with Crippen molar-refractivity contribution in [3.63, 3.8) is 0 Å². The largest absolute Gasteiger partial charge is 0.299 e. The number of rotatable bonds is 2. The predicted octanol–water partition coefficient (Wildman–Crippen LogP) is 3.08. The van der Waals surface area contributed by atoms with Gasteiger partial charge in [-0.3, -0.25) is 9.38 Å². The molecule has 0 aliphatic heterocycles. The van der Waals surface area contributed by atoms with Crippen molar-refractivity contribution in [1.82, 2.24) is 14.4 Å². The number of hydrogen-bond donors (Lipinski definition) is 0. The van der Waals surface area contributed by atoms with Gasteiger partial charge in [0.1, 0.15) is 10.4 Å². The van der Waals surface area contributed by atoms with Gasteiger partial charge in [0.05, 0.1) is 11.7 Å². The van der Waals surface area contributed by atoms with Gasteiger partial charge in [-0.15, -0.1) is 0 Å². The molecule has 2 heterocycles. The van der Waals surface area contributed by atoms with Crippen molar-refractivity contribution < 1.29 is 0 Å². The molecule has 0 atom stereocenters. The van der Waals surface area contributed by atoms with Crippen molar-refractivity contribution in [3.8, 4) is 0 Å². The first kappa shape index (κ1) is 10.5. The summed E-state index contributed by atoms with van der Waals surface area (Å²) >= 11 is 3.46. The Kier molecular flexibility index (Phi) is 2.65. The topological polar surface area (TPSA) is 30.2 Å². The van der Waals surface area contributed by atoms with Crippen LogP contribution in [0.25, 0.3) is 5.52 Å². The van der Waals surface area contributed by atoms with Crippen LogP contribution < -0.4 is 0 Å². The number of benzene rings is 1. The SMILES string of the molecule is Brc1nc(Cc2ccccc2)n2ccncc12. The molecule has 0 spiro atoms. The maximum atomic E-state index is 4.52. The lowest BCUT2D eigenvalue weighted by molar-refractivity contribution is 0.951. The van der Waals surface area contributed by atoms with Crippen molar-refractivity contribution in [1.29, 1.82) is 0 Å². The van der Waals surface area contributed by atoms with Crippen LogP contribution >= 0.6 is 15.9 Å². The van der Waals surface area contributed by atoms with Crippen LogP contribution in [0.2, 0.25) is 0 Å². The molecule has 1 aromatic carbocycles. The minimum atomic E-state index is 0.817. The Morgan fingerprint density at radius 2 is 2.00 bits per heavy atom. The monoisotopic (exact) mass is 287 g/mol. The predicted molar refractivity (Wildman–Crippen MR) is 69.9 cm³/mol. The third-order valence-corrected chi connectivity index (χ3v) is 3.26. The molecule has 0 saturated heterocycles. The van der Waals surface area contributed by atoms with Crippen molar-refractivity contribution in [2.24, 2.45) is 0 Å². The van der Waals surface area contributed by atoms with Crippen LogP contribution in [-0.4, -0.2) is 14.4 Å². The van der Waals surface area contributed by atoms with Crippen molar-refractivity contribution in [3.05, 3.63) is 64.9 Å². The summed E-state index contributed by atoms with van der Waals surface area (Å²) in [6.45, 7) is 0. The van der Waals surface area contributed by atoms with Gasteiger partial charge < -0.3 is 0 Å². The van der Waals surface area contributed by atoms with Crippen LogP contribution in [0.3, 0.4) is 0 Å². The van der Waals surface area contributed by atoms with Crippen LogP contribution in [0.15, 0.2) is 53.5 Å². The summed E-state index contributed by atoms with van der Waals surface area (Å²) in [5.74, 6) is 1.01. The van der Waals surface area contributed by atoms with E-state index in [9.17, 15) is 0 Å². The van der Waals surface area contributed by atoms with Gasteiger partial charge in [-0.05, 0) is 21.5 Å². The molecule has 0 saturated carbocycles. The Bertz CT molecular complexity index is 646. The molecule has 17 heavy (non-hydrogen) atoms. The van der Waals surface area contributed by atoms with Crippen LogP contribution in [0, 0.1) is 0 Å². The first-order valence-corrected chi connectivity index (χ1v) is 6.14. The van der Waals surface area contributed by atoms with E-state index in [1.807, 2.05) is 30.6 Å². The van der Waals surface area contributed by atoms with E-state index in [1.54, 1.807) is 6.20 Å². The Morgan fingerprint density at radius 1 is 1.18 bits per heavy atom. The Morgan fingerprint density at radius 3 is 2.82 bits per heavy atom. The summed E-state index contributed by atoms with van der Waals surface area (Å²) in [5, 5.41) is 0. The van der Waals surface area contributed by atoms with E-state index < -0.39 is 0 Å². The van der Waals surface area contributed by atoms with Gasteiger partial charge in [0, 0.05) is 18.8 Å². The molecule has 84 valence electrons. The van der Waals surface area contributed by atoms with Gasteiger partial charge in [0.15, 0.2) is 0 Å². The van der Waals surface area contributed by atoms with E-state index in [1.165, 1.54) is 5.56 Å². The van der Waals surface area contributed by atoms with Gasteiger partial charge in [-0.25, -0.2) is 4.98 Å². The molecule has 3 rings (SSSR count). The first-order valence-electron chi connectivity index (χ1n) is 5.35. The summed E-state index contributed by atoms with van der Waals surface area (Å²) in [6, 6.07) is 10.3. The summed E-state index contributed by atoms with van der Waals surface area (Å²) in [5.41, 5.74) is 2.25. The fourth-order valence-electron chi connectivity index (χ4n) is 1.87. The van der Waals surface area contributed by atoms with Crippen LogP contribution in [0.5, 0.6) is 0 Å². The molecule has 3 nitrogen and oxygen atoms in total. The molecule has 0 N–H and O–H groups in total. The maximum Gasteiger partial charge on any atom is 0.133 e. The Labute approximate surface area is 107 Å². The van der Waals surface area contributed by atoms with Crippen LogP contribution in [0.4, 0.5) is 0 Å². The molecule has 4 heteroatoms. The molecule has 0 fully saturated rings. The van der Waals surface area contributed by atoms with E-state index in [-0.39, 0.29) is 0 Å². The summed E-state index contributed by atoms with van der Waals surface area (Å²) in [7, 11) is 0. The molecule has 3 aromatic rings. The summed E-state index contributed by atoms with van der Waals surface area (Å²) in [6.07, 6.45) is 6.34. The Balaban J connectivity index is 2.07. The smallest absolute Gasteiger partial charge is 0.133 e. The number of hydrogen-bond acceptors (Lipinski definition) is 2. The minimum Gasteiger partial charge on any atom is -0.299 e. The molecule has 0 aliphatic rings. The van der Waals surface area contributed by atoms with Gasteiger partial charge >= 0.3 is 0 Å². The van der Waals surface area contributed by atoms with E-state index in [0.29, 0.717) is 0 Å². The fraction of sp³-hybridized carbons (Fsp3) is 0.0769. The molecular formula is C13H10BrN3. The quantitative estimate of drug-likeness (QED) is 0.725. The molecule has 0 amide bonds. The van der Waals surface area contributed by atoms with Crippen LogP contribution in [-0.2, 0) is 6.42 Å². The zero-order valence-electron chi connectivity index (χ0n) is 9.05. The number of halogens is 1. The number of imidazole rings is 1. The maximum absolute atomic E-state index is 4.52. The second-order valence-corrected chi connectivity index (χ2v) is 4.56. The average Bonchev–Trinajstić information content (AvgIpc) is 2.69. The van der Waals surface area contributed by atoms with Crippen LogP contribution in [0.1, 0.15) is 11.4 Å². The number of aromatic nitrogens is 3. The van der Waals surface area contributed by atoms with Crippen molar-refractivity contribution in [2.75, 3.05) is 0 Å². The molecule has 2 aromatic heterocycles. The highest BCUT2D eigenvalue weighted by Gasteiger charge is 2.08. The molecular weight excluding hydrogens is 278 g/mol. The zero-order valence-corrected chi connectivity index (χ0v) is 10.6. The molecule has 0 bridgehead atoms. The minimum absolute atomic E-state index is 0.817. The van der Waals surface area contributed by atoms with Gasteiger partial charge in [0.25, 0.3) is 0 Å². The van der Waals surface area contributed by atoms with E-state index in [2.05, 4.69) is 42.4 Å². The highest BCUT2D eigenvalue weighted by molar-refractivity contribution is 9.10. The second kappa shape index (κ2) is 4.30. The summed E-state index contributed by atoms with van der Waals surface area (Å²) < 4.78 is 2.90. The molecule has 0 radical (unpaired) electrons. The van der Waals surface area contributed by atoms with E-state index >= 15 is 0 Å². The number of nitrogens with zero attached hydrogens (tertiary/aromatic N) is 3. The third kappa shape index (κ3) is 1.96.